The van der Waals surface area contributed by atoms with E-state index in [4.69, 9.17) is 23.2 Å². The number of carbonyl (C=O) groups is 1. The van der Waals surface area contributed by atoms with Crippen LogP contribution in [0.5, 0.6) is 5.75 Å². The molecule has 140 valence electrons. The van der Waals surface area contributed by atoms with Crippen LogP contribution in [0.25, 0.3) is 5.65 Å². The van der Waals surface area contributed by atoms with Gasteiger partial charge in [0.25, 0.3) is 5.91 Å². The maximum atomic E-state index is 12.5. The Hall–Kier alpha value is -2.51. The molecule has 4 rings (SSSR count). The number of imidazole rings is 1. The van der Waals surface area contributed by atoms with Crippen molar-refractivity contribution in [2.75, 3.05) is 18.0 Å². The topological polar surface area (TPSA) is 82.8 Å². The van der Waals surface area contributed by atoms with Crippen LogP contribution in [-0.4, -0.2) is 44.7 Å². The Labute approximate surface area is 165 Å². The summed E-state index contributed by atoms with van der Waals surface area (Å²) in [5.41, 5.74) is 1.83. The number of hydrogen-bond acceptors (Lipinski definition) is 5. The molecule has 0 radical (unpaired) electrons. The number of phenols is 1. The Morgan fingerprint density at radius 1 is 1.33 bits per heavy atom. The largest absolute Gasteiger partial charge is 0.506 e. The van der Waals surface area contributed by atoms with Crippen LogP contribution < -0.4 is 10.2 Å². The molecule has 1 aliphatic heterocycles. The average Bonchev–Trinajstić information content (AvgIpc) is 3.25. The number of rotatable bonds is 3. The van der Waals surface area contributed by atoms with Gasteiger partial charge in [-0.2, -0.15) is 0 Å². The summed E-state index contributed by atoms with van der Waals surface area (Å²) < 4.78 is 1.80. The number of aryl methyl sites for hydroxylation is 1. The fraction of sp³-hybridized carbons (Fsp3) is 0.278. The maximum absolute atomic E-state index is 12.5. The summed E-state index contributed by atoms with van der Waals surface area (Å²) in [6, 6.07) is 6.58. The first-order chi connectivity index (χ1) is 12.9. The number of halogens is 2. The molecular formula is C18H17Cl2N5O2. The molecule has 3 aromatic rings. The first kappa shape index (κ1) is 17.9. The van der Waals surface area contributed by atoms with Gasteiger partial charge in [-0.1, -0.05) is 23.2 Å². The summed E-state index contributed by atoms with van der Waals surface area (Å²) in [5.74, 6) is 0.155. The molecule has 1 amide bonds. The first-order valence-corrected chi connectivity index (χ1v) is 9.23. The predicted molar refractivity (Wildman–Crippen MR) is 104 cm³/mol. The Kier molecular flexibility index (Phi) is 4.57. The molecule has 1 saturated heterocycles. The number of amides is 1. The highest BCUT2D eigenvalue weighted by Gasteiger charge is 2.27. The van der Waals surface area contributed by atoms with Crippen molar-refractivity contribution in [2.24, 2.45) is 0 Å². The average molecular weight is 406 g/mol. The molecule has 0 bridgehead atoms. The minimum Gasteiger partial charge on any atom is -0.506 e. The van der Waals surface area contributed by atoms with Crippen LogP contribution in [0.4, 0.5) is 5.82 Å². The van der Waals surface area contributed by atoms with Gasteiger partial charge in [0.2, 0.25) is 0 Å². The second-order valence-electron chi connectivity index (χ2n) is 6.55. The van der Waals surface area contributed by atoms with Crippen molar-refractivity contribution >= 4 is 40.6 Å². The van der Waals surface area contributed by atoms with Crippen LogP contribution in [0.1, 0.15) is 22.5 Å². The standard InChI is InChI=1S/C18H17Cl2N5O2/c1-10-8-21-15-2-3-16(23-25(10)15)24-5-4-12(9-24)22-18(27)13-6-11(19)7-14(20)17(13)26/h2-3,6-8,12,26H,4-5,9H2,1H3,(H,22,27)/t12-/m0/s1. The van der Waals surface area contributed by atoms with Crippen molar-refractivity contribution in [2.45, 2.75) is 19.4 Å². The Morgan fingerprint density at radius 2 is 2.15 bits per heavy atom. The molecule has 0 unspecified atom stereocenters. The van der Waals surface area contributed by atoms with Gasteiger partial charge in [-0.3, -0.25) is 4.79 Å². The zero-order valence-electron chi connectivity index (χ0n) is 14.5. The van der Waals surface area contributed by atoms with Gasteiger partial charge < -0.3 is 15.3 Å². The maximum Gasteiger partial charge on any atom is 0.255 e. The van der Waals surface area contributed by atoms with Crippen molar-refractivity contribution in [3.63, 3.8) is 0 Å². The van der Waals surface area contributed by atoms with E-state index in [2.05, 4.69) is 20.3 Å². The van der Waals surface area contributed by atoms with Crippen LogP contribution in [-0.2, 0) is 0 Å². The predicted octanol–water partition coefficient (Wildman–Crippen LogP) is 3.06. The number of nitrogens with one attached hydrogen (secondary N) is 1. The number of aromatic nitrogens is 3. The number of nitrogens with zero attached hydrogens (tertiary/aromatic N) is 4. The van der Waals surface area contributed by atoms with E-state index < -0.39 is 5.91 Å². The number of aromatic hydroxyl groups is 1. The number of anilines is 1. The third-order valence-corrected chi connectivity index (χ3v) is 5.15. The van der Waals surface area contributed by atoms with Gasteiger partial charge in [0.15, 0.2) is 5.65 Å². The number of carbonyl (C=O) groups excluding carboxylic acids is 1. The molecule has 7 nitrogen and oxygen atoms in total. The molecule has 2 aromatic heterocycles. The van der Waals surface area contributed by atoms with Crippen molar-refractivity contribution < 1.29 is 9.90 Å². The molecular weight excluding hydrogens is 389 g/mol. The quantitative estimate of drug-likeness (QED) is 0.699. The van der Waals surface area contributed by atoms with E-state index in [9.17, 15) is 9.90 Å². The van der Waals surface area contributed by atoms with Crippen molar-refractivity contribution in [1.29, 1.82) is 0 Å². The first-order valence-electron chi connectivity index (χ1n) is 8.47. The number of fused-ring (bicyclic) bond motifs is 1. The smallest absolute Gasteiger partial charge is 0.255 e. The van der Waals surface area contributed by atoms with Crippen molar-refractivity contribution in [3.05, 3.63) is 51.8 Å². The van der Waals surface area contributed by atoms with Gasteiger partial charge in [0.1, 0.15) is 11.6 Å². The van der Waals surface area contributed by atoms with Crippen molar-refractivity contribution in [3.8, 4) is 5.75 Å². The molecule has 1 aliphatic rings. The summed E-state index contributed by atoms with van der Waals surface area (Å²) in [4.78, 5) is 18.9. The van der Waals surface area contributed by atoms with E-state index >= 15 is 0 Å². The summed E-state index contributed by atoms with van der Waals surface area (Å²) in [5, 5.41) is 17.9. The molecule has 3 heterocycles. The minimum absolute atomic E-state index is 0.0499. The van der Waals surface area contributed by atoms with Crippen LogP contribution in [0.3, 0.4) is 0 Å². The van der Waals surface area contributed by atoms with E-state index in [-0.39, 0.29) is 22.4 Å². The van der Waals surface area contributed by atoms with Crippen LogP contribution in [0.15, 0.2) is 30.5 Å². The highest BCUT2D eigenvalue weighted by molar-refractivity contribution is 6.36. The Balaban J connectivity index is 1.48. The summed E-state index contributed by atoms with van der Waals surface area (Å²) >= 11 is 11.8. The van der Waals surface area contributed by atoms with E-state index in [1.165, 1.54) is 12.1 Å². The SMILES string of the molecule is Cc1cnc2ccc(N3CC[C@H](NC(=O)c4cc(Cl)cc(Cl)c4O)C3)nn12. The molecule has 0 saturated carbocycles. The van der Waals surface area contributed by atoms with Gasteiger partial charge in [0.05, 0.1) is 22.5 Å². The van der Waals surface area contributed by atoms with Gasteiger partial charge in [-0.05, 0) is 37.6 Å². The molecule has 27 heavy (non-hydrogen) atoms. The van der Waals surface area contributed by atoms with Crippen LogP contribution >= 0.6 is 23.2 Å². The summed E-state index contributed by atoms with van der Waals surface area (Å²) in [6.07, 6.45) is 2.55. The monoisotopic (exact) mass is 405 g/mol. The summed E-state index contributed by atoms with van der Waals surface area (Å²) in [6.45, 7) is 3.33. The summed E-state index contributed by atoms with van der Waals surface area (Å²) in [7, 11) is 0. The van der Waals surface area contributed by atoms with E-state index in [1.54, 1.807) is 10.7 Å². The van der Waals surface area contributed by atoms with Crippen LogP contribution in [0.2, 0.25) is 10.0 Å². The number of hydrogen-bond donors (Lipinski definition) is 2. The molecule has 1 atom stereocenters. The second kappa shape index (κ2) is 6.90. The van der Waals surface area contributed by atoms with Gasteiger partial charge >= 0.3 is 0 Å². The van der Waals surface area contributed by atoms with Gasteiger partial charge in [-0.25, -0.2) is 9.50 Å². The Morgan fingerprint density at radius 3 is 2.96 bits per heavy atom. The van der Waals surface area contributed by atoms with E-state index in [0.29, 0.717) is 11.6 Å². The third-order valence-electron chi connectivity index (χ3n) is 4.64. The Bertz CT molecular complexity index is 1040. The molecule has 9 heteroatoms. The fourth-order valence-corrected chi connectivity index (χ4v) is 3.73. The highest BCUT2D eigenvalue weighted by Crippen LogP contribution is 2.31. The lowest BCUT2D eigenvalue weighted by molar-refractivity contribution is 0.0937. The van der Waals surface area contributed by atoms with Gasteiger partial charge in [-0.15, -0.1) is 5.10 Å². The lowest BCUT2D eigenvalue weighted by Gasteiger charge is -2.18. The second-order valence-corrected chi connectivity index (χ2v) is 7.39. The molecule has 2 N–H and O–H groups in total. The molecule has 0 aliphatic carbocycles. The molecule has 1 aromatic carbocycles. The third kappa shape index (κ3) is 3.40. The van der Waals surface area contributed by atoms with E-state index in [1.807, 2.05) is 19.1 Å². The number of benzene rings is 1. The van der Waals surface area contributed by atoms with E-state index in [0.717, 1.165) is 30.1 Å². The zero-order valence-corrected chi connectivity index (χ0v) is 16.0. The fourth-order valence-electron chi connectivity index (χ4n) is 3.24. The van der Waals surface area contributed by atoms with Crippen molar-refractivity contribution in [1.82, 2.24) is 19.9 Å². The lowest BCUT2D eigenvalue weighted by Crippen LogP contribution is -2.37. The number of phenolic OH excluding ortho intramolecular Hbond substituents is 1. The van der Waals surface area contributed by atoms with Crippen LogP contribution in [0, 0.1) is 6.92 Å². The highest BCUT2D eigenvalue weighted by atomic mass is 35.5. The minimum atomic E-state index is -0.405. The lowest BCUT2D eigenvalue weighted by atomic mass is 10.1. The van der Waals surface area contributed by atoms with Gasteiger partial charge in [0, 0.05) is 24.2 Å². The zero-order chi connectivity index (χ0) is 19.1. The molecule has 1 fully saturated rings. The molecule has 0 spiro atoms. The normalized spacial score (nSPS) is 16.9.